The van der Waals surface area contributed by atoms with Gasteiger partial charge in [-0.2, -0.15) is 0 Å². The van der Waals surface area contributed by atoms with Crippen LogP contribution in [0.15, 0.2) is 21.7 Å². The summed E-state index contributed by atoms with van der Waals surface area (Å²) in [5.74, 6) is 0.412. The number of nitrogens with one attached hydrogen (secondary N) is 1. The van der Waals surface area contributed by atoms with Crippen molar-refractivity contribution >= 4 is 5.91 Å². The van der Waals surface area contributed by atoms with Crippen LogP contribution >= 0.6 is 0 Å². The van der Waals surface area contributed by atoms with Crippen molar-refractivity contribution in [2.45, 2.75) is 32.9 Å². The Bertz CT molecular complexity index is 424. The number of rotatable bonds is 3. The van der Waals surface area contributed by atoms with Gasteiger partial charge in [0.05, 0.1) is 6.54 Å². The second kappa shape index (κ2) is 4.72. The van der Waals surface area contributed by atoms with Crippen LogP contribution in [0.1, 0.15) is 37.1 Å². The minimum absolute atomic E-state index is 0.110. The van der Waals surface area contributed by atoms with Crippen LogP contribution in [-0.2, 0) is 6.54 Å². The van der Waals surface area contributed by atoms with Gasteiger partial charge in [0.1, 0.15) is 5.76 Å². The average Bonchev–Trinajstić information content (AvgIpc) is 2.60. The van der Waals surface area contributed by atoms with Crippen LogP contribution in [0.4, 0.5) is 0 Å². The maximum Gasteiger partial charge on any atom is 0.287 e. The molecule has 0 aromatic carbocycles. The first kappa shape index (κ1) is 12.1. The van der Waals surface area contributed by atoms with Crippen molar-refractivity contribution in [3.63, 3.8) is 0 Å². The quantitative estimate of drug-likeness (QED) is 0.483. The van der Waals surface area contributed by atoms with Gasteiger partial charge < -0.3 is 9.73 Å². The van der Waals surface area contributed by atoms with Crippen LogP contribution in [0.3, 0.4) is 0 Å². The molecule has 0 aliphatic rings. The van der Waals surface area contributed by atoms with Gasteiger partial charge in [-0.15, -0.1) is 0 Å². The van der Waals surface area contributed by atoms with Crippen LogP contribution in [0, 0.1) is 0 Å². The minimum Gasteiger partial charge on any atom is -0.456 e. The molecule has 1 amide bonds. The van der Waals surface area contributed by atoms with Gasteiger partial charge in [0.2, 0.25) is 0 Å². The standard InChI is InChI=1S/C10H14N4O2/c1-10(2,3)13-9(15)8-5-4-7(16-8)6-12-14-11/h4-5H,6H2,1-3H3,(H,13,15). The van der Waals surface area contributed by atoms with Crippen molar-refractivity contribution in [1.82, 2.24) is 5.32 Å². The molecule has 0 atom stereocenters. The summed E-state index contributed by atoms with van der Waals surface area (Å²) in [5, 5.41) is 6.11. The SMILES string of the molecule is CC(C)(C)NC(=O)c1ccc(CN=[N+]=[N-])o1. The Hall–Kier alpha value is -1.94. The molecule has 1 aromatic heterocycles. The lowest BCUT2D eigenvalue weighted by molar-refractivity contribution is 0.0889. The summed E-state index contributed by atoms with van der Waals surface area (Å²) >= 11 is 0. The second-order valence-electron chi connectivity index (χ2n) is 4.36. The summed E-state index contributed by atoms with van der Waals surface area (Å²) < 4.78 is 5.22. The summed E-state index contributed by atoms with van der Waals surface area (Å²) in [4.78, 5) is 14.2. The van der Waals surface area contributed by atoms with Crippen molar-refractivity contribution < 1.29 is 9.21 Å². The van der Waals surface area contributed by atoms with E-state index in [1.807, 2.05) is 20.8 Å². The van der Waals surface area contributed by atoms with Crippen molar-refractivity contribution in [1.29, 1.82) is 0 Å². The van der Waals surface area contributed by atoms with Crippen LogP contribution in [0.5, 0.6) is 0 Å². The first-order chi connectivity index (χ1) is 7.42. The number of nitrogens with zero attached hydrogens (tertiary/aromatic N) is 3. The molecule has 0 saturated heterocycles. The monoisotopic (exact) mass is 222 g/mol. The molecule has 6 heteroatoms. The average molecular weight is 222 g/mol. The van der Waals surface area contributed by atoms with Crippen LogP contribution in [-0.4, -0.2) is 11.4 Å². The zero-order valence-corrected chi connectivity index (χ0v) is 9.52. The summed E-state index contributed by atoms with van der Waals surface area (Å²) in [6.07, 6.45) is 0. The van der Waals surface area contributed by atoms with Crippen LogP contribution in [0.25, 0.3) is 10.4 Å². The Morgan fingerprint density at radius 2 is 2.25 bits per heavy atom. The normalized spacial score (nSPS) is 10.7. The number of carbonyl (C=O) groups is 1. The van der Waals surface area contributed by atoms with Gasteiger partial charge in [-0.3, -0.25) is 4.79 Å². The number of amides is 1. The molecule has 1 N–H and O–H groups in total. The lowest BCUT2D eigenvalue weighted by Crippen LogP contribution is -2.40. The van der Waals surface area contributed by atoms with E-state index in [4.69, 9.17) is 9.95 Å². The molecule has 1 aromatic rings. The van der Waals surface area contributed by atoms with E-state index < -0.39 is 0 Å². The predicted molar refractivity (Wildman–Crippen MR) is 58.8 cm³/mol. The fraction of sp³-hybridized carbons (Fsp3) is 0.500. The molecule has 0 fully saturated rings. The number of furan rings is 1. The molecule has 1 heterocycles. The van der Waals surface area contributed by atoms with Gasteiger partial charge in [0, 0.05) is 10.5 Å². The third-order valence-corrected chi connectivity index (χ3v) is 1.66. The number of hydrogen-bond acceptors (Lipinski definition) is 3. The summed E-state index contributed by atoms with van der Waals surface area (Å²) in [6, 6.07) is 3.18. The van der Waals surface area contributed by atoms with E-state index in [1.165, 1.54) is 0 Å². The highest BCUT2D eigenvalue weighted by atomic mass is 16.4. The number of azide groups is 1. The van der Waals surface area contributed by atoms with Crippen molar-refractivity contribution in [3.05, 3.63) is 34.1 Å². The zero-order valence-electron chi connectivity index (χ0n) is 9.52. The van der Waals surface area contributed by atoms with E-state index in [0.717, 1.165) is 0 Å². The predicted octanol–water partition coefficient (Wildman–Crippen LogP) is 2.62. The summed E-state index contributed by atoms with van der Waals surface area (Å²) in [5.41, 5.74) is 7.82. The highest BCUT2D eigenvalue weighted by Gasteiger charge is 2.17. The molecule has 0 aliphatic heterocycles. The number of carbonyl (C=O) groups excluding carboxylic acids is 1. The van der Waals surface area contributed by atoms with Gasteiger partial charge in [0.25, 0.3) is 5.91 Å². The van der Waals surface area contributed by atoms with Crippen LogP contribution in [0.2, 0.25) is 0 Å². The molecule has 6 nitrogen and oxygen atoms in total. The number of hydrogen-bond donors (Lipinski definition) is 1. The summed E-state index contributed by atoms with van der Waals surface area (Å²) in [6.45, 7) is 5.76. The van der Waals surface area contributed by atoms with Gasteiger partial charge in [0.15, 0.2) is 5.76 Å². The largest absolute Gasteiger partial charge is 0.456 e. The maximum absolute atomic E-state index is 11.6. The Labute approximate surface area is 93.3 Å². The van der Waals surface area contributed by atoms with Gasteiger partial charge in [-0.1, -0.05) is 5.11 Å². The highest BCUT2D eigenvalue weighted by molar-refractivity contribution is 5.91. The van der Waals surface area contributed by atoms with E-state index in [0.29, 0.717) is 5.76 Å². The maximum atomic E-state index is 11.6. The van der Waals surface area contributed by atoms with Gasteiger partial charge in [-0.05, 0) is 38.4 Å². The van der Waals surface area contributed by atoms with E-state index in [1.54, 1.807) is 12.1 Å². The van der Waals surface area contributed by atoms with E-state index in [-0.39, 0.29) is 23.8 Å². The molecule has 0 saturated carbocycles. The van der Waals surface area contributed by atoms with E-state index in [2.05, 4.69) is 15.3 Å². The van der Waals surface area contributed by atoms with Crippen molar-refractivity contribution in [2.24, 2.45) is 5.11 Å². The lowest BCUT2D eigenvalue weighted by atomic mass is 10.1. The lowest BCUT2D eigenvalue weighted by Gasteiger charge is -2.19. The minimum atomic E-state index is -0.311. The van der Waals surface area contributed by atoms with E-state index in [9.17, 15) is 4.79 Å². The zero-order chi connectivity index (χ0) is 12.2. The fourth-order valence-electron chi connectivity index (χ4n) is 1.09. The molecular weight excluding hydrogens is 208 g/mol. The molecule has 16 heavy (non-hydrogen) atoms. The third kappa shape index (κ3) is 3.67. The molecule has 1 rings (SSSR count). The Balaban J connectivity index is 2.70. The molecule has 0 spiro atoms. The topological polar surface area (TPSA) is 91.0 Å². The van der Waals surface area contributed by atoms with E-state index >= 15 is 0 Å². The Kier molecular flexibility index (Phi) is 3.58. The molecule has 86 valence electrons. The molecule has 0 bridgehead atoms. The summed E-state index contributed by atoms with van der Waals surface area (Å²) in [7, 11) is 0. The fourth-order valence-corrected chi connectivity index (χ4v) is 1.09. The highest BCUT2D eigenvalue weighted by Crippen LogP contribution is 2.10. The Morgan fingerprint density at radius 1 is 1.56 bits per heavy atom. The molecule has 0 radical (unpaired) electrons. The van der Waals surface area contributed by atoms with Gasteiger partial charge >= 0.3 is 0 Å². The second-order valence-corrected chi connectivity index (χ2v) is 4.36. The molecule has 0 aliphatic carbocycles. The van der Waals surface area contributed by atoms with Crippen molar-refractivity contribution in [3.8, 4) is 0 Å². The Morgan fingerprint density at radius 3 is 2.81 bits per heavy atom. The first-order valence-electron chi connectivity index (χ1n) is 4.84. The first-order valence-corrected chi connectivity index (χ1v) is 4.84. The third-order valence-electron chi connectivity index (χ3n) is 1.66. The van der Waals surface area contributed by atoms with Crippen molar-refractivity contribution in [2.75, 3.05) is 0 Å². The van der Waals surface area contributed by atoms with Crippen LogP contribution < -0.4 is 5.32 Å². The smallest absolute Gasteiger partial charge is 0.287 e. The molecule has 0 unspecified atom stereocenters. The molecular formula is C10H14N4O2. The van der Waals surface area contributed by atoms with Gasteiger partial charge in [-0.25, -0.2) is 0 Å².